The zero-order valence-corrected chi connectivity index (χ0v) is 10.7. The molecule has 0 unspecified atom stereocenters. The molecule has 0 heterocycles. The summed E-state index contributed by atoms with van der Waals surface area (Å²) in [5, 5.41) is 19.4. The van der Waals surface area contributed by atoms with Gasteiger partial charge in [-0.2, -0.15) is 10.5 Å². The average Bonchev–Trinajstić information content (AvgIpc) is 3.03. The van der Waals surface area contributed by atoms with Crippen LogP contribution in [0.15, 0.2) is 29.8 Å². The standard InChI is InChI=1S/C17H14N2/c18-9-12-8-7-11-3-1-5-14-13-4-2-6-15(13)17(12,10-19)16(11)14/h1,3,5,8,13,15H,2,4,6-7H2/t13-,15-,17-/m0/s1. The van der Waals surface area contributed by atoms with Gasteiger partial charge in [0.25, 0.3) is 0 Å². The molecule has 3 aliphatic rings. The average molecular weight is 246 g/mol. The van der Waals surface area contributed by atoms with Crippen molar-refractivity contribution in [3.8, 4) is 12.1 Å². The van der Waals surface area contributed by atoms with E-state index in [1.54, 1.807) is 0 Å². The fraction of sp³-hybridized carbons (Fsp3) is 0.412. The number of rotatable bonds is 0. The summed E-state index contributed by atoms with van der Waals surface area (Å²) in [4.78, 5) is 0. The summed E-state index contributed by atoms with van der Waals surface area (Å²) in [5.41, 5.74) is 3.85. The molecule has 0 aromatic heterocycles. The molecule has 1 fully saturated rings. The number of nitrogens with zero attached hydrogens (tertiary/aromatic N) is 2. The second kappa shape index (κ2) is 3.49. The predicted molar refractivity (Wildman–Crippen MR) is 71.2 cm³/mol. The van der Waals surface area contributed by atoms with Crippen LogP contribution in [0.25, 0.3) is 0 Å². The van der Waals surface area contributed by atoms with Crippen LogP contribution >= 0.6 is 0 Å². The molecule has 0 spiro atoms. The molecule has 2 heteroatoms. The molecule has 0 radical (unpaired) electrons. The molecule has 0 amide bonds. The zero-order chi connectivity index (χ0) is 13.0. The van der Waals surface area contributed by atoms with E-state index in [1.807, 2.05) is 6.08 Å². The van der Waals surface area contributed by atoms with Gasteiger partial charge in [-0.05, 0) is 47.8 Å². The second-order valence-electron chi connectivity index (χ2n) is 5.88. The number of hydrogen-bond donors (Lipinski definition) is 0. The molecule has 0 aliphatic heterocycles. The van der Waals surface area contributed by atoms with Gasteiger partial charge in [-0.1, -0.05) is 30.7 Å². The van der Waals surface area contributed by atoms with E-state index in [-0.39, 0.29) is 0 Å². The molecule has 92 valence electrons. The van der Waals surface area contributed by atoms with Crippen molar-refractivity contribution in [3.63, 3.8) is 0 Å². The molecule has 0 saturated heterocycles. The molecule has 1 aromatic carbocycles. The molecule has 1 aromatic rings. The van der Waals surface area contributed by atoms with E-state index in [1.165, 1.54) is 29.5 Å². The molecule has 3 atom stereocenters. The Bertz CT molecular complexity index is 686. The minimum absolute atomic E-state index is 0.319. The van der Waals surface area contributed by atoms with Gasteiger partial charge < -0.3 is 0 Å². The quantitative estimate of drug-likeness (QED) is 0.704. The van der Waals surface area contributed by atoms with Crippen LogP contribution in [0.3, 0.4) is 0 Å². The van der Waals surface area contributed by atoms with Crippen molar-refractivity contribution in [2.45, 2.75) is 37.0 Å². The van der Waals surface area contributed by atoms with Gasteiger partial charge >= 0.3 is 0 Å². The number of fused-ring (bicyclic) bond motifs is 3. The van der Waals surface area contributed by atoms with Crippen LogP contribution in [0.2, 0.25) is 0 Å². The third-order valence-electron chi connectivity index (χ3n) is 5.30. The van der Waals surface area contributed by atoms with Gasteiger partial charge in [-0.3, -0.25) is 0 Å². The van der Waals surface area contributed by atoms with Crippen LogP contribution in [-0.2, 0) is 11.8 Å². The highest BCUT2D eigenvalue weighted by Gasteiger charge is 2.58. The van der Waals surface area contributed by atoms with Crippen molar-refractivity contribution < 1.29 is 0 Å². The summed E-state index contributed by atoms with van der Waals surface area (Å²) in [6, 6.07) is 11.3. The van der Waals surface area contributed by atoms with Crippen LogP contribution in [0.1, 0.15) is 41.9 Å². The maximum absolute atomic E-state index is 9.93. The molecule has 1 saturated carbocycles. The van der Waals surface area contributed by atoms with Gasteiger partial charge in [0.15, 0.2) is 0 Å². The summed E-state index contributed by atoms with van der Waals surface area (Å²) < 4.78 is 0. The number of allylic oxidation sites excluding steroid dienone is 2. The summed E-state index contributed by atoms with van der Waals surface area (Å²) in [5.74, 6) is 0.810. The smallest absolute Gasteiger partial charge is 0.121 e. The first-order valence-corrected chi connectivity index (χ1v) is 6.97. The number of nitriles is 2. The Balaban J connectivity index is 2.10. The monoisotopic (exact) mass is 246 g/mol. The third-order valence-corrected chi connectivity index (χ3v) is 5.30. The number of benzene rings is 1. The molecule has 4 rings (SSSR count). The van der Waals surface area contributed by atoms with E-state index in [9.17, 15) is 10.5 Å². The third kappa shape index (κ3) is 1.06. The van der Waals surface area contributed by atoms with E-state index in [4.69, 9.17) is 0 Å². The lowest BCUT2D eigenvalue weighted by atomic mass is 9.65. The minimum Gasteiger partial charge on any atom is -0.197 e. The highest BCUT2D eigenvalue weighted by molar-refractivity contribution is 5.64. The maximum Gasteiger partial charge on any atom is 0.121 e. The first-order chi connectivity index (χ1) is 9.32. The SMILES string of the molecule is N#CC1=CCc2cccc3c2[C@]1(C#N)[C@H]1CCC[C@@H]31. The minimum atomic E-state index is -0.639. The van der Waals surface area contributed by atoms with Gasteiger partial charge in [-0.25, -0.2) is 0 Å². The fourth-order valence-corrected chi connectivity index (χ4v) is 4.66. The van der Waals surface area contributed by atoms with Gasteiger partial charge in [0, 0.05) is 0 Å². The first kappa shape index (κ1) is 10.8. The van der Waals surface area contributed by atoms with Crippen molar-refractivity contribution in [1.29, 1.82) is 10.5 Å². The van der Waals surface area contributed by atoms with Crippen LogP contribution in [-0.4, -0.2) is 0 Å². The molecule has 19 heavy (non-hydrogen) atoms. The summed E-state index contributed by atoms with van der Waals surface area (Å²) >= 11 is 0. The van der Waals surface area contributed by atoms with Crippen molar-refractivity contribution >= 4 is 0 Å². The van der Waals surface area contributed by atoms with E-state index < -0.39 is 5.41 Å². The molecule has 3 aliphatic carbocycles. The van der Waals surface area contributed by atoms with Gasteiger partial charge in [0.2, 0.25) is 0 Å². The lowest BCUT2D eigenvalue weighted by Gasteiger charge is -2.32. The van der Waals surface area contributed by atoms with E-state index in [0.29, 0.717) is 17.4 Å². The topological polar surface area (TPSA) is 47.6 Å². The molecular formula is C17H14N2. The van der Waals surface area contributed by atoms with Crippen molar-refractivity contribution in [2.75, 3.05) is 0 Å². The predicted octanol–water partition coefficient (Wildman–Crippen LogP) is 3.35. The highest BCUT2D eigenvalue weighted by atomic mass is 14.6. The zero-order valence-electron chi connectivity index (χ0n) is 10.7. The molecule has 0 bridgehead atoms. The maximum atomic E-state index is 9.93. The second-order valence-corrected chi connectivity index (χ2v) is 5.88. The Morgan fingerprint density at radius 1 is 1.21 bits per heavy atom. The molecular weight excluding hydrogens is 232 g/mol. The Labute approximate surface area is 113 Å². The van der Waals surface area contributed by atoms with Crippen LogP contribution in [0, 0.1) is 28.6 Å². The lowest BCUT2D eigenvalue weighted by molar-refractivity contribution is 0.401. The fourth-order valence-electron chi connectivity index (χ4n) is 4.66. The Hall–Kier alpha value is -2.06. The van der Waals surface area contributed by atoms with Gasteiger partial charge in [0.05, 0.1) is 17.7 Å². The highest BCUT2D eigenvalue weighted by Crippen LogP contribution is 2.62. The first-order valence-electron chi connectivity index (χ1n) is 6.97. The summed E-state index contributed by atoms with van der Waals surface area (Å²) in [6.45, 7) is 0. The van der Waals surface area contributed by atoms with E-state index in [0.717, 1.165) is 12.8 Å². The van der Waals surface area contributed by atoms with Gasteiger partial charge in [0.1, 0.15) is 5.41 Å². The largest absolute Gasteiger partial charge is 0.197 e. The Morgan fingerprint density at radius 2 is 2.11 bits per heavy atom. The normalized spacial score (nSPS) is 33.9. The van der Waals surface area contributed by atoms with Crippen molar-refractivity contribution in [1.82, 2.24) is 0 Å². The van der Waals surface area contributed by atoms with E-state index >= 15 is 0 Å². The molecule has 2 nitrogen and oxygen atoms in total. The molecule has 0 N–H and O–H groups in total. The summed E-state index contributed by atoms with van der Waals surface area (Å²) in [6.07, 6.45) is 6.21. The van der Waals surface area contributed by atoms with Gasteiger partial charge in [-0.15, -0.1) is 0 Å². The van der Waals surface area contributed by atoms with Crippen molar-refractivity contribution in [3.05, 3.63) is 46.5 Å². The van der Waals surface area contributed by atoms with Crippen LogP contribution in [0.5, 0.6) is 0 Å². The lowest BCUT2D eigenvalue weighted by Crippen LogP contribution is -2.34. The van der Waals surface area contributed by atoms with E-state index in [2.05, 4.69) is 30.3 Å². The Morgan fingerprint density at radius 3 is 2.89 bits per heavy atom. The van der Waals surface area contributed by atoms with Crippen molar-refractivity contribution in [2.24, 2.45) is 5.92 Å². The number of hydrogen-bond acceptors (Lipinski definition) is 2. The van der Waals surface area contributed by atoms with Crippen LogP contribution < -0.4 is 0 Å². The van der Waals surface area contributed by atoms with Crippen LogP contribution in [0.4, 0.5) is 0 Å². The summed E-state index contributed by atoms with van der Waals surface area (Å²) in [7, 11) is 0. The Kier molecular flexibility index (Phi) is 1.99.